The number of halogens is 3. The molecule has 1 aliphatic rings. The van der Waals surface area contributed by atoms with Gasteiger partial charge in [0.1, 0.15) is 0 Å². The molecule has 3 aromatic rings. The second-order valence-electron chi connectivity index (χ2n) is 7.80. The number of nitrogens with zero attached hydrogens (tertiary/aromatic N) is 5. The van der Waals surface area contributed by atoms with E-state index < -0.39 is 11.7 Å². The van der Waals surface area contributed by atoms with Gasteiger partial charge in [0.2, 0.25) is 5.95 Å². The van der Waals surface area contributed by atoms with Crippen LogP contribution in [0.25, 0.3) is 0 Å². The number of aryl methyl sites for hydroxylation is 2. The molecule has 2 aromatic heterocycles. The zero-order valence-corrected chi connectivity index (χ0v) is 19.0. The minimum Gasteiger partial charge on any atom is -0.368 e. The van der Waals surface area contributed by atoms with Crippen LogP contribution in [0.15, 0.2) is 46.3 Å². The Morgan fingerprint density at radius 2 is 1.64 bits per heavy atom. The van der Waals surface area contributed by atoms with Crippen LogP contribution in [0.2, 0.25) is 0 Å². The van der Waals surface area contributed by atoms with Crippen LogP contribution in [-0.4, -0.2) is 46.1 Å². The lowest BCUT2D eigenvalue weighted by Crippen LogP contribution is -2.47. The molecule has 1 saturated heterocycles. The summed E-state index contributed by atoms with van der Waals surface area (Å²) in [4.78, 5) is 32.2. The number of anilines is 2. The summed E-state index contributed by atoms with van der Waals surface area (Å²) in [5, 5.41) is 0.630. The predicted molar refractivity (Wildman–Crippen MR) is 122 cm³/mol. The lowest BCUT2D eigenvalue weighted by atomic mass is 10.1. The van der Waals surface area contributed by atoms with Gasteiger partial charge in [-0.05, 0) is 38.1 Å². The van der Waals surface area contributed by atoms with E-state index in [0.29, 0.717) is 54.4 Å². The number of hydrogen-bond donors (Lipinski definition) is 1. The molecule has 0 spiro atoms. The zero-order chi connectivity index (χ0) is 23.6. The SMILES string of the molecule is Cc1cc(C)nc(SCc2cc(=O)[nH]c(N3CCN(c4cccc(C(F)(F)F)c4)CC3)n2)n1. The monoisotopic (exact) mass is 476 g/mol. The molecule has 0 bridgehead atoms. The molecule has 11 heteroatoms. The Kier molecular flexibility index (Phi) is 6.59. The highest BCUT2D eigenvalue weighted by atomic mass is 32.2. The van der Waals surface area contributed by atoms with Crippen molar-refractivity contribution in [2.24, 2.45) is 0 Å². The molecule has 7 nitrogen and oxygen atoms in total. The molecule has 0 atom stereocenters. The first-order valence-corrected chi connectivity index (χ1v) is 11.4. The van der Waals surface area contributed by atoms with Crippen molar-refractivity contribution >= 4 is 23.4 Å². The minimum atomic E-state index is -4.37. The van der Waals surface area contributed by atoms with Gasteiger partial charge in [0.25, 0.3) is 5.56 Å². The average molecular weight is 477 g/mol. The third-order valence-corrected chi connectivity index (χ3v) is 6.09. The quantitative estimate of drug-likeness (QED) is 0.443. The number of benzene rings is 1. The summed E-state index contributed by atoms with van der Waals surface area (Å²) in [6, 6.07) is 8.69. The lowest BCUT2D eigenvalue weighted by molar-refractivity contribution is -0.137. The van der Waals surface area contributed by atoms with Gasteiger partial charge in [-0.1, -0.05) is 17.8 Å². The molecule has 0 radical (unpaired) electrons. The maximum atomic E-state index is 13.0. The number of thioether (sulfide) groups is 1. The first-order valence-electron chi connectivity index (χ1n) is 10.4. The Morgan fingerprint density at radius 1 is 0.970 bits per heavy atom. The largest absolute Gasteiger partial charge is 0.416 e. The number of alkyl halides is 3. The molecule has 1 aromatic carbocycles. The third-order valence-electron chi connectivity index (χ3n) is 5.21. The highest BCUT2D eigenvalue weighted by molar-refractivity contribution is 7.98. The predicted octanol–water partition coefficient (Wildman–Crippen LogP) is 3.81. The maximum absolute atomic E-state index is 13.0. The first kappa shape index (κ1) is 23.1. The van der Waals surface area contributed by atoms with Crippen LogP contribution in [0.4, 0.5) is 24.8 Å². The average Bonchev–Trinajstić information content (AvgIpc) is 2.76. The van der Waals surface area contributed by atoms with Gasteiger partial charge in [0.15, 0.2) is 5.16 Å². The summed E-state index contributed by atoms with van der Waals surface area (Å²) >= 11 is 1.41. The summed E-state index contributed by atoms with van der Waals surface area (Å²) in [5.41, 5.74) is 1.99. The van der Waals surface area contributed by atoms with Crippen LogP contribution in [-0.2, 0) is 11.9 Å². The number of rotatable bonds is 5. The molecule has 0 saturated carbocycles. The van der Waals surface area contributed by atoms with Crippen LogP contribution in [0, 0.1) is 13.8 Å². The van der Waals surface area contributed by atoms with Gasteiger partial charge in [0.05, 0.1) is 11.3 Å². The molecular formula is C22H23F3N6OS. The standard InChI is InChI=1S/C22H23F3N6OS/c1-14-10-15(2)27-21(26-14)33-13-17-12-19(32)29-20(28-17)31-8-6-30(7-9-31)18-5-3-4-16(11-18)22(23,24)25/h3-5,10-12H,6-9,13H2,1-2H3,(H,28,29,32). The molecule has 1 N–H and O–H groups in total. The fourth-order valence-electron chi connectivity index (χ4n) is 3.67. The smallest absolute Gasteiger partial charge is 0.368 e. The van der Waals surface area contributed by atoms with Crippen molar-refractivity contribution in [3.8, 4) is 0 Å². The molecule has 3 heterocycles. The Bertz CT molecular complexity index is 1170. The van der Waals surface area contributed by atoms with Crippen molar-refractivity contribution in [2.75, 3.05) is 36.0 Å². The van der Waals surface area contributed by atoms with Crippen LogP contribution >= 0.6 is 11.8 Å². The Morgan fingerprint density at radius 3 is 2.30 bits per heavy atom. The van der Waals surface area contributed by atoms with E-state index in [1.807, 2.05) is 29.7 Å². The van der Waals surface area contributed by atoms with E-state index >= 15 is 0 Å². The van der Waals surface area contributed by atoms with Crippen molar-refractivity contribution in [1.82, 2.24) is 19.9 Å². The minimum absolute atomic E-state index is 0.253. The van der Waals surface area contributed by atoms with Crippen LogP contribution in [0.5, 0.6) is 0 Å². The van der Waals surface area contributed by atoms with E-state index in [0.717, 1.165) is 17.5 Å². The number of piperazine rings is 1. The van der Waals surface area contributed by atoms with Crippen LogP contribution in [0.3, 0.4) is 0 Å². The van der Waals surface area contributed by atoms with Crippen molar-refractivity contribution in [2.45, 2.75) is 30.9 Å². The first-order chi connectivity index (χ1) is 15.7. The number of hydrogen-bond acceptors (Lipinski definition) is 7. The molecule has 4 rings (SSSR count). The number of aromatic nitrogens is 4. The van der Waals surface area contributed by atoms with E-state index in [2.05, 4.69) is 19.9 Å². The fourth-order valence-corrected chi connectivity index (χ4v) is 4.51. The van der Waals surface area contributed by atoms with E-state index in [9.17, 15) is 18.0 Å². The summed E-state index contributed by atoms with van der Waals surface area (Å²) in [5.74, 6) is 0.910. The van der Waals surface area contributed by atoms with Gasteiger partial charge < -0.3 is 9.80 Å². The van der Waals surface area contributed by atoms with Gasteiger partial charge in [-0.25, -0.2) is 15.0 Å². The highest BCUT2D eigenvalue weighted by Crippen LogP contribution is 2.32. The molecule has 1 aliphatic heterocycles. The summed E-state index contributed by atoms with van der Waals surface area (Å²) in [6.07, 6.45) is -4.37. The summed E-state index contributed by atoms with van der Waals surface area (Å²) < 4.78 is 39.1. The van der Waals surface area contributed by atoms with E-state index in [1.54, 1.807) is 6.07 Å². The number of nitrogens with one attached hydrogen (secondary N) is 1. The number of H-pyrrole nitrogens is 1. The second-order valence-corrected chi connectivity index (χ2v) is 8.75. The van der Waals surface area contributed by atoms with Gasteiger partial charge in [0, 0.05) is 55.1 Å². The van der Waals surface area contributed by atoms with Crippen LogP contribution in [0.1, 0.15) is 22.6 Å². The van der Waals surface area contributed by atoms with Crippen molar-refractivity contribution in [3.05, 3.63) is 69.4 Å². The molecule has 0 unspecified atom stereocenters. The highest BCUT2D eigenvalue weighted by Gasteiger charge is 2.31. The van der Waals surface area contributed by atoms with E-state index in [-0.39, 0.29) is 5.56 Å². The van der Waals surface area contributed by atoms with E-state index in [4.69, 9.17) is 0 Å². The van der Waals surface area contributed by atoms with Crippen molar-refractivity contribution < 1.29 is 13.2 Å². The zero-order valence-electron chi connectivity index (χ0n) is 18.2. The Labute approximate surface area is 193 Å². The van der Waals surface area contributed by atoms with Crippen molar-refractivity contribution in [1.29, 1.82) is 0 Å². The molecule has 0 aliphatic carbocycles. The molecular weight excluding hydrogens is 453 g/mol. The molecule has 174 valence electrons. The summed E-state index contributed by atoms with van der Waals surface area (Å²) in [6.45, 7) is 5.88. The maximum Gasteiger partial charge on any atom is 0.416 e. The Hall–Kier alpha value is -3.08. The topological polar surface area (TPSA) is 78.0 Å². The fraction of sp³-hybridized carbons (Fsp3) is 0.364. The van der Waals surface area contributed by atoms with E-state index in [1.165, 1.54) is 30.0 Å². The van der Waals surface area contributed by atoms with Gasteiger partial charge in [-0.3, -0.25) is 9.78 Å². The van der Waals surface area contributed by atoms with Gasteiger partial charge >= 0.3 is 6.18 Å². The molecule has 0 amide bonds. The normalized spacial score (nSPS) is 14.6. The van der Waals surface area contributed by atoms with Crippen molar-refractivity contribution in [3.63, 3.8) is 0 Å². The Balaban J connectivity index is 1.42. The van der Waals surface area contributed by atoms with Gasteiger partial charge in [-0.15, -0.1) is 0 Å². The molecule has 33 heavy (non-hydrogen) atoms. The summed E-state index contributed by atoms with van der Waals surface area (Å²) in [7, 11) is 0. The van der Waals surface area contributed by atoms with Gasteiger partial charge in [-0.2, -0.15) is 13.2 Å². The number of aromatic amines is 1. The second kappa shape index (κ2) is 9.42. The van der Waals surface area contributed by atoms with Crippen LogP contribution < -0.4 is 15.4 Å². The lowest BCUT2D eigenvalue weighted by Gasteiger charge is -2.36. The third kappa shape index (κ3) is 5.84. The molecule has 1 fully saturated rings.